The molecule has 4 aliphatic rings. The zero-order valence-corrected chi connectivity index (χ0v) is 19.0. The second-order valence-electron chi connectivity index (χ2n) is 8.38. The Morgan fingerprint density at radius 3 is 2.73 bits per heavy atom. The molecule has 0 fully saturated rings. The molecule has 1 amide bonds. The lowest BCUT2D eigenvalue weighted by Crippen LogP contribution is -2.45. The van der Waals surface area contributed by atoms with E-state index in [9.17, 15) is 14.4 Å². The van der Waals surface area contributed by atoms with Crippen LogP contribution in [-0.4, -0.2) is 30.6 Å². The van der Waals surface area contributed by atoms with Crippen molar-refractivity contribution < 1.29 is 18.7 Å². The Morgan fingerprint density at radius 1 is 1.21 bits per heavy atom. The molecule has 0 saturated heterocycles. The zero-order chi connectivity index (χ0) is 22.9. The van der Waals surface area contributed by atoms with Crippen molar-refractivity contribution in [3.05, 3.63) is 68.7 Å². The summed E-state index contributed by atoms with van der Waals surface area (Å²) >= 11 is 3.33. The molecule has 2 aromatic carbocycles. The molecule has 0 bridgehead atoms. The minimum absolute atomic E-state index is 0.0813. The van der Waals surface area contributed by atoms with Crippen LogP contribution in [0.1, 0.15) is 23.1 Å². The number of halogens is 2. The number of hydrogen-bond donors (Lipinski definition) is 2. The Kier molecular flexibility index (Phi) is 4.26. The summed E-state index contributed by atoms with van der Waals surface area (Å²) in [7, 11) is 0. The summed E-state index contributed by atoms with van der Waals surface area (Å²) in [6.07, 6.45) is 3.20. The fourth-order valence-corrected chi connectivity index (χ4v) is 5.63. The fraction of sp³-hybridized carbons (Fsp3) is 0.250. The van der Waals surface area contributed by atoms with E-state index in [0.717, 1.165) is 17.5 Å². The third kappa shape index (κ3) is 2.67. The highest BCUT2D eigenvalue weighted by Crippen LogP contribution is 2.53. The maximum Gasteiger partial charge on any atom is 0.244 e. The van der Waals surface area contributed by atoms with Gasteiger partial charge in [0.05, 0.1) is 24.5 Å². The monoisotopic (exact) mass is 508 g/mol. The highest BCUT2D eigenvalue weighted by molar-refractivity contribution is 9.10. The molecule has 4 aliphatic heterocycles. The van der Waals surface area contributed by atoms with Crippen LogP contribution in [0.15, 0.2) is 46.2 Å². The summed E-state index contributed by atoms with van der Waals surface area (Å²) in [4.78, 5) is 15.3. The number of benzene rings is 2. The van der Waals surface area contributed by atoms with Crippen molar-refractivity contribution in [2.24, 2.45) is 5.73 Å². The first-order chi connectivity index (χ1) is 15.9. The van der Waals surface area contributed by atoms with E-state index in [1.807, 2.05) is 17.0 Å². The SMILES string of the molecule is N#CC1=C(N)N2CCc3cc4c(cc3C2=CC12C(=O)Nc1c(Br)cc(F)cc12)OCCCO4. The van der Waals surface area contributed by atoms with Gasteiger partial charge in [-0.25, -0.2) is 4.39 Å². The highest BCUT2D eigenvalue weighted by Gasteiger charge is 2.54. The van der Waals surface area contributed by atoms with Crippen LogP contribution in [-0.2, 0) is 16.6 Å². The van der Waals surface area contributed by atoms with Gasteiger partial charge in [0.25, 0.3) is 0 Å². The molecule has 0 aliphatic carbocycles. The van der Waals surface area contributed by atoms with Gasteiger partial charge < -0.3 is 25.4 Å². The number of nitriles is 1. The Labute approximate surface area is 197 Å². The largest absolute Gasteiger partial charge is 0.490 e. The first-order valence-corrected chi connectivity index (χ1v) is 11.4. The minimum Gasteiger partial charge on any atom is -0.490 e. The van der Waals surface area contributed by atoms with Gasteiger partial charge in [-0.05, 0) is 58.3 Å². The molecule has 0 aromatic heterocycles. The number of hydrogen-bond acceptors (Lipinski definition) is 6. The number of rotatable bonds is 0. The summed E-state index contributed by atoms with van der Waals surface area (Å²) in [6, 6.07) is 8.58. The van der Waals surface area contributed by atoms with Gasteiger partial charge in [-0.15, -0.1) is 0 Å². The molecule has 0 saturated carbocycles. The summed E-state index contributed by atoms with van der Waals surface area (Å²) < 4.78 is 26.6. The van der Waals surface area contributed by atoms with Crippen molar-refractivity contribution in [2.45, 2.75) is 18.3 Å². The van der Waals surface area contributed by atoms with Crippen LogP contribution in [0.3, 0.4) is 0 Å². The molecule has 1 atom stereocenters. The van der Waals surface area contributed by atoms with Crippen molar-refractivity contribution in [1.29, 1.82) is 5.26 Å². The Balaban J connectivity index is 1.62. The summed E-state index contributed by atoms with van der Waals surface area (Å²) in [5.41, 5.74) is 8.41. The summed E-state index contributed by atoms with van der Waals surface area (Å²) in [5, 5.41) is 12.9. The fourth-order valence-electron chi connectivity index (χ4n) is 5.10. The predicted octanol–water partition coefficient (Wildman–Crippen LogP) is 3.55. The number of nitrogens with zero attached hydrogens (tertiary/aromatic N) is 2. The molecule has 6 rings (SSSR count). The molecule has 1 spiro atoms. The van der Waals surface area contributed by atoms with Gasteiger partial charge >= 0.3 is 0 Å². The van der Waals surface area contributed by atoms with E-state index >= 15 is 0 Å². The van der Waals surface area contributed by atoms with E-state index in [1.165, 1.54) is 12.1 Å². The molecular formula is C24H18BrFN4O3. The van der Waals surface area contributed by atoms with Gasteiger partial charge in [0.15, 0.2) is 11.5 Å². The number of amides is 1. The van der Waals surface area contributed by atoms with Crippen molar-refractivity contribution in [1.82, 2.24) is 4.90 Å². The quantitative estimate of drug-likeness (QED) is 0.564. The lowest BCUT2D eigenvalue weighted by Gasteiger charge is -2.41. The van der Waals surface area contributed by atoms with E-state index in [4.69, 9.17) is 15.2 Å². The van der Waals surface area contributed by atoms with Crippen molar-refractivity contribution in [2.75, 3.05) is 25.1 Å². The number of carbonyl (C=O) groups excluding carboxylic acids is 1. The Morgan fingerprint density at radius 2 is 1.97 bits per heavy atom. The number of ether oxygens (including phenoxy) is 2. The van der Waals surface area contributed by atoms with E-state index < -0.39 is 17.1 Å². The molecule has 2 aromatic rings. The maximum atomic E-state index is 14.5. The van der Waals surface area contributed by atoms with Gasteiger partial charge in [0.2, 0.25) is 5.91 Å². The first kappa shape index (κ1) is 20.1. The maximum absolute atomic E-state index is 14.5. The van der Waals surface area contributed by atoms with Crippen molar-refractivity contribution in [3.63, 3.8) is 0 Å². The van der Waals surface area contributed by atoms with Crippen molar-refractivity contribution in [3.8, 4) is 17.6 Å². The molecule has 9 heteroatoms. The minimum atomic E-state index is -1.54. The smallest absolute Gasteiger partial charge is 0.244 e. The third-order valence-corrected chi connectivity index (χ3v) is 7.25. The normalized spacial score (nSPS) is 22.6. The lowest BCUT2D eigenvalue weighted by molar-refractivity contribution is -0.118. The molecule has 3 N–H and O–H groups in total. The van der Waals surface area contributed by atoms with Gasteiger partial charge in [-0.3, -0.25) is 4.79 Å². The van der Waals surface area contributed by atoms with E-state index in [-0.39, 0.29) is 11.4 Å². The van der Waals surface area contributed by atoms with E-state index in [1.54, 1.807) is 6.08 Å². The molecular weight excluding hydrogens is 491 g/mol. The average Bonchev–Trinajstić information content (AvgIpc) is 2.93. The topological polar surface area (TPSA) is 101 Å². The highest BCUT2D eigenvalue weighted by atomic mass is 79.9. The standard InChI is InChI=1S/C24H18BrFN4O3/c25-17-8-13(26)7-15-21(17)29-23(31)24(15)10-18-14-9-20-19(32-4-1-5-33-20)6-12(14)2-3-30(18)22(28)16(24)11-27/h6-10H,1-5,28H2,(H,29,31). The number of fused-ring (bicyclic) bond motifs is 6. The van der Waals surface area contributed by atoms with Gasteiger partial charge in [0, 0.05) is 34.3 Å². The van der Waals surface area contributed by atoms with Crippen LogP contribution in [0.25, 0.3) is 5.70 Å². The average molecular weight is 509 g/mol. The Bertz CT molecular complexity index is 1360. The number of anilines is 1. The predicted molar refractivity (Wildman–Crippen MR) is 122 cm³/mol. The molecule has 4 heterocycles. The van der Waals surface area contributed by atoms with Crippen LogP contribution in [0.5, 0.6) is 11.5 Å². The molecule has 7 nitrogen and oxygen atoms in total. The Hall–Kier alpha value is -3.51. The van der Waals surface area contributed by atoms with E-state index in [2.05, 4.69) is 27.3 Å². The van der Waals surface area contributed by atoms with E-state index in [0.29, 0.717) is 59.1 Å². The third-order valence-electron chi connectivity index (χ3n) is 6.63. The molecule has 0 radical (unpaired) electrons. The van der Waals surface area contributed by atoms with Gasteiger partial charge in [-0.2, -0.15) is 5.26 Å². The second-order valence-corrected chi connectivity index (χ2v) is 9.24. The zero-order valence-electron chi connectivity index (χ0n) is 17.4. The lowest BCUT2D eigenvalue weighted by atomic mass is 9.71. The van der Waals surface area contributed by atoms with Crippen LogP contribution >= 0.6 is 15.9 Å². The summed E-state index contributed by atoms with van der Waals surface area (Å²) in [6.45, 7) is 1.66. The van der Waals surface area contributed by atoms with Crippen LogP contribution in [0.2, 0.25) is 0 Å². The number of nitrogens with one attached hydrogen (secondary N) is 1. The van der Waals surface area contributed by atoms with Crippen molar-refractivity contribution >= 4 is 33.2 Å². The number of carbonyl (C=O) groups is 1. The van der Waals surface area contributed by atoms with Gasteiger partial charge in [0.1, 0.15) is 23.1 Å². The van der Waals surface area contributed by atoms with Crippen LogP contribution in [0.4, 0.5) is 10.1 Å². The first-order valence-electron chi connectivity index (χ1n) is 10.6. The van der Waals surface area contributed by atoms with Crippen LogP contribution in [0, 0.1) is 17.1 Å². The second kappa shape index (κ2) is 6.99. The number of nitrogens with two attached hydrogens (primary N) is 1. The molecule has 33 heavy (non-hydrogen) atoms. The molecule has 166 valence electrons. The summed E-state index contributed by atoms with van der Waals surface area (Å²) in [5.74, 6) is 0.546. The van der Waals surface area contributed by atoms with Gasteiger partial charge in [-0.1, -0.05) is 0 Å². The molecule has 1 unspecified atom stereocenters. The van der Waals surface area contributed by atoms with Crippen LogP contribution < -0.4 is 20.5 Å².